The second-order valence-electron chi connectivity index (χ2n) is 4.81. The van der Waals surface area contributed by atoms with Crippen molar-refractivity contribution in [2.24, 2.45) is 0 Å². The first kappa shape index (κ1) is 16.0. The Morgan fingerprint density at radius 2 is 1.86 bits per heavy atom. The van der Waals surface area contributed by atoms with Gasteiger partial charge < -0.3 is 4.74 Å². The third-order valence-electron chi connectivity index (χ3n) is 3.17. The summed E-state index contributed by atoms with van der Waals surface area (Å²) in [4.78, 5) is 0. The molecule has 2 aromatic carbocycles. The third kappa shape index (κ3) is 3.62. The first-order chi connectivity index (χ1) is 10.5. The summed E-state index contributed by atoms with van der Waals surface area (Å²) in [5.74, 6) is 2.73. The third-order valence-corrected chi connectivity index (χ3v) is 3.17. The molecule has 0 saturated heterocycles. The molecule has 0 saturated carbocycles. The van der Waals surface area contributed by atoms with Crippen molar-refractivity contribution in [2.45, 2.75) is 25.9 Å². The van der Waals surface area contributed by atoms with Crippen LogP contribution in [0.15, 0.2) is 42.5 Å². The smallest absolute Gasteiger partial charge is 0.417 e. The summed E-state index contributed by atoms with van der Waals surface area (Å²) in [6.07, 6.45) is 2.33. The molecule has 4 heteroatoms. The van der Waals surface area contributed by atoms with E-state index in [1.54, 1.807) is 12.1 Å². The second kappa shape index (κ2) is 6.57. The fourth-order valence-electron chi connectivity index (χ4n) is 2.15. The highest BCUT2D eigenvalue weighted by molar-refractivity contribution is 5.47. The minimum atomic E-state index is -4.51. The van der Waals surface area contributed by atoms with Crippen LogP contribution >= 0.6 is 0 Å². The van der Waals surface area contributed by atoms with Gasteiger partial charge in [-0.05, 0) is 36.2 Å². The van der Waals surface area contributed by atoms with Crippen molar-refractivity contribution in [1.29, 1.82) is 0 Å². The van der Waals surface area contributed by atoms with Gasteiger partial charge in [0, 0.05) is 5.56 Å². The Kier molecular flexibility index (Phi) is 4.77. The van der Waals surface area contributed by atoms with Gasteiger partial charge in [0.2, 0.25) is 0 Å². The largest absolute Gasteiger partial charge is 0.457 e. The van der Waals surface area contributed by atoms with Crippen LogP contribution in [0.3, 0.4) is 0 Å². The Labute approximate surface area is 127 Å². The van der Waals surface area contributed by atoms with Crippen LogP contribution in [0.4, 0.5) is 13.2 Å². The first-order valence-electron chi connectivity index (χ1n) is 6.89. The Morgan fingerprint density at radius 1 is 1.14 bits per heavy atom. The van der Waals surface area contributed by atoms with Crippen molar-refractivity contribution in [3.63, 3.8) is 0 Å². The van der Waals surface area contributed by atoms with E-state index in [-0.39, 0.29) is 11.3 Å². The summed E-state index contributed by atoms with van der Waals surface area (Å²) in [5, 5.41) is 0. The zero-order valence-corrected chi connectivity index (χ0v) is 12.1. The molecule has 0 aromatic heterocycles. The van der Waals surface area contributed by atoms with Crippen LogP contribution in [0.5, 0.6) is 11.5 Å². The van der Waals surface area contributed by atoms with E-state index in [4.69, 9.17) is 11.2 Å². The number of hydrogen-bond acceptors (Lipinski definition) is 1. The average Bonchev–Trinajstić information content (AvgIpc) is 2.48. The maximum Gasteiger partial charge on any atom is 0.417 e. The number of ether oxygens (including phenoxy) is 1. The molecule has 2 aromatic rings. The average molecular weight is 304 g/mol. The van der Waals surface area contributed by atoms with Gasteiger partial charge in [-0.25, -0.2) is 0 Å². The molecular weight excluding hydrogens is 289 g/mol. The molecule has 0 heterocycles. The molecule has 0 aliphatic rings. The van der Waals surface area contributed by atoms with Gasteiger partial charge in [0.25, 0.3) is 0 Å². The van der Waals surface area contributed by atoms with Crippen molar-refractivity contribution in [2.75, 3.05) is 0 Å². The van der Waals surface area contributed by atoms with E-state index in [1.807, 2.05) is 25.0 Å². The highest BCUT2D eigenvalue weighted by Crippen LogP contribution is 2.35. The first-order valence-corrected chi connectivity index (χ1v) is 6.89. The summed E-state index contributed by atoms with van der Waals surface area (Å²) in [6, 6.07) is 11.0. The Hall–Kier alpha value is -2.41. The molecule has 0 aliphatic carbocycles. The molecule has 0 unspecified atom stereocenters. The van der Waals surface area contributed by atoms with Gasteiger partial charge in [0.15, 0.2) is 0 Å². The van der Waals surface area contributed by atoms with Crippen molar-refractivity contribution in [1.82, 2.24) is 0 Å². The summed E-state index contributed by atoms with van der Waals surface area (Å²) in [6.45, 7) is 2.03. The number of hydrogen-bond donors (Lipinski definition) is 0. The molecule has 22 heavy (non-hydrogen) atoms. The number of para-hydroxylation sites is 1. The van der Waals surface area contributed by atoms with E-state index in [1.165, 1.54) is 12.1 Å². The SMILES string of the molecule is C#Cc1ccc(Oc2ccccc2CCC)cc1C(F)(F)F. The van der Waals surface area contributed by atoms with Gasteiger partial charge in [-0.2, -0.15) is 13.2 Å². The Bertz CT molecular complexity index is 696. The predicted molar refractivity (Wildman–Crippen MR) is 79.9 cm³/mol. The molecule has 2 rings (SSSR count). The predicted octanol–water partition coefficient (Wildman–Crippen LogP) is 5.43. The van der Waals surface area contributed by atoms with Gasteiger partial charge in [-0.3, -0.25) is 0 Å². The lowest BCUT2D eigenvalue weighted by molar-refractivity contribution is -0.137. The lowest BCUT2D eigenvalue weighted by Crippen LogP contribution is -2.08. The van der Waals surface area contributed by atoms with E-state index >= 15 is 0 Å². The van der Waals surface area contributed by atoms with E-state index in [2.05, 4.69) is 0 Å². The topological polar surface area (TPSA) is 9.23 Å². The van der Waals surface area contributed by atoms with Gasteiger partial charge >= 0.3 is 6.18 Å². The molecule has 0 amide bonds. The van der Waals surface area contributed by atoms with Crippen LogP contribution in [0.25, 0.3) is 0 Å². The van der Waals surface area contributed by atoms with Crippen LogP contribution in [0.1, 0.15) is 30.0 Å². The molecule has 0 N–H and O–H groups in total. The number of terminal acetylenes is 1. The highest BCUT2D eigenvalue weighted by atomic mass is 19.4. The molecule has 0 atom stereocenters. The molecule has 0 radical (unpaired) electrons. The quantitative estimate of drug-likeness (QED) is 0.684. The van der Waals surface area contributed by atoms with Crippen LogP contribution in [0.2, 0.25) is 0 Å². The number of alkyl halides is 3. The molecule has 0 bridgehead atoms. The monoisotopic (exact) mass is 304 g/mol. The minimum absolute atomic E-state index is 0.120. The van der Waals surface area contributed by atoms with Crippen LogP contribution in [0, 0.1) is 12.3 Å². The standard InChI is InChI=1S/C18H15F3O/c1-3-7-14-8-5-6-9-17(14)22-15-11-10-13(4-2)16(12-15)18(19,20)21/h2,5-6,8-12H,3,7H2,1H3. The van der Waals surface area contributed by atoms with Gasteiger partial charge in [0.1, 0.15) is 11.5 Å². The molecule has 0 fully saturated rings. The maximum atomic E-state index is 13.0. The van der Waals surface area contributed by atoms with Crippen LogP contribution < -0.4 is 4.74 Å². The minimum Gasteiger partial charge on any atom is -0.457 e. The fourth-order valence-corrected chi connectivity index (χ4v) is 2.15. The highest BCUT2D eigenvalue weighted by Gasteiger charge is 2.33. The number of rotatable bonds is 4. The lowest BCUT2D eigenvalue weighted by atomic mass is 10.1. The van der Waals surface area contributed by atoms with E-state index < -0.39 is 11.7 Å². The van der Waals surface area contributed by atoms with Crippen molar-refractivity contribution in [3.8, 4) is 23.8 Å². The fraction of sp³-hybridized carbons (Fsp3) is 0.222. The second-order valence-corrected chi connectivity index (χ2v) is 4.81. The summed E-state index contributed by atoms with van der Waals surface area (Å²) in [7, 11) is 0. The normalized spacial score (nSPS) is 11.0. The van der Waals surface area contributed by atoms with Crippen LogP contribution in [-0.4, -0.2) is 0 Å². The molecular formula is C18H15F3O. The maximum absolute atomic E-state index is 13.0. The molecule has 0 aliphatic heterocycles. The summed E-state index contributed by atoms with van der Waals surface area (Å²) in [5.41, 5.74) is -0.0956. The molecule has 1 nitrogen and oxygen atoms in total. The van der Waals surface area contributed by atoms with Gasteiger partial charge in [-0.15, -0.1) is 6.42 Å². The Morgan fingerprint density at radius 3 is 2.50 bits per heavy atom. The van der Waals surface area contributed by atoms with Crippen molar-refractivity contribution >= 4 is 0 Å². The zero-order chi connectivity index (χ0) is 16.2. The van der Waals surface area contributed by atoms with Crippen molar-refractivity contribution < 1.29 is 17.9 Å². The zero-order valence-electron chi connectivity index (χ0n) is 12.1. The van der Waals surface area contributed by atoms with E-state index in [0.29, 0.717) is 5.75 Å². The van der Waals surface area contributed by atoms with E-state index in [0.717, 1.165) is 24.5 Å². The van der Waals surface area contributed by atoms with Gasteiger partial charge in [-0.1, -0.05) is 37.5 Å². The number of aryl methyl sites for hydroxylation is 1. The number of halogens is 3. The summed E-state index contributed by atoms with van der Waals surface area (Å²) >= 11 is 0. The summed E-state index contributed by atoms with van der Waals surface area (Å²) < 4.78 is 44.6. The lowest BCUT2D eigenvalue weighted by Gasteiger charge is -2.14. The van der Waals surface area contributed by atoms with Gasteiger partial charge in [0.05, 0.1) is 5.56 Å². The van der Waals surface area contributed by atoms with Crippen molar-refractivity contribution in [3.05, 3.63) is 59.2 Å². The van der Waals surface area contributed by atoms with Crippen LogP contribution in [-0.2, 0) is 12.6 Å². The molecule has 0 spiro atoms. The number of benzene rings is 2. The Balaban J connectivity index is 2.38. The molecule has 114 valence electrons. The van der Waals surface area contributed by atoms with E-state index in [9.17, 15) is 13.2 Å².